The number of unbranched alkanes of at least 4 members (excludes halogenated alkanes) is 2. The lowest BCUT2D eigenvalue weighted by atomic mass is 9.94. The maximum atomic E-state index is 12.0. The van der Waals surface area contributed by atoms with Crippen LogP contribution in [0.25, 0.3) is 0 Å². The normalized spacial score (nSPS) is 13.8. The Labute approximate surface area is 115 Å². The van der Waals surface area contributed by atoms with Gasteiger partial charge in [-0.3, -0.25) is 4.79 Å². The highest BCUT2D eigenvalue weighted by Crippen LogP contribution is 2.18. The SMILES string of the molecule is CC(C(=O)NCCCCCO)C(N)c1ccccc1. The van der Waals surface area contributed by atoms with Gasteiger partial charge in [0.05, 0.1) is 5.92 Å². The molecule has 0 spiro atoms. The van der Waals surface area contributed by atoms with Crippen LogP contribution in [0.5, 0.6) is 0 Å². The molecule has 0 aromatic heterocycles. The summed E-state index contributed by atoms with van der Waals surface area (Å²) in [5.74, 6) is -0.263. The minimum Gasteiger partial charge on any atom is -0.396 e. The van der Waals surface area contributed by atoms with E-state index in [9.17, 15) is 4.79 Å². The third-order valence-corrected chi connectivity index (χ3v) is 3.27. The molecule has 0 aliphatic rings. The van der Waals surface area contributed by atoms with Crippen LogP contribution in [-0.2, 0) is 4.79 Å². The standard InChI is InChI=1S/C15H24N2O2/c1-12(14(16)13-8-4-2-5-9-13)15(19)17-10-6-3-7-11-18/h2,4-5,8-9,12,14,18H,3,6-7,10-11,16H2,1H3,(H,17,19). The van der Waals surface area contributed by atoms with Crippen molar-refractivity contribution in [1.82, 2.24) is 5.32 Å². The Kier molecular flexibility index (Phi) is 7.15. The van der Waals surface area contributed by atoms with E-state index >= 15 is 0 Å². The molecule has 0 fully saturated rings. The molecule has 106 valence electrons. The van der Waals surface area contributed by atoms with Crippen LogP contribution in [0.15, 0.2) is 30.3 Å². The highest BCUT2D eigenvalue weighted by Gasteiger charge is 2.21. The number of aliphatic hydroxyl groups is 1. The van der Waals surface area contributed by atoms with Gasteiger partial charge in [-0.25, -0.2) is 0 Å². The van der Waals surface area contributed by atoms with E-state index in [4.69, 9.17) is 10.8 Å². The van der Waals surface area contributed by atoms with Gasteiger partial charge in [-0.2, -0.15) is 0 Å². The van der Waals surface area contributed by atoms with Crippen LogP contribution in [-0.4, -0.2) is 24.2 Å². The minimum atomic E-state index is -0.279. The van der Waals surface area contributed by atoms with Crippen molar-refractivity contribution in [2.75, 3.05) is 13.2 Å². The first-order valence-corrected chi connectivity index (χ1v) is 6.86. The predicted octanol–water partition coefficient (Wildman–Crippen LogP) is 1.60. The first-order chi connectivity index (χ1) is 9.16. The quantitative estimate of drug-likeness (QED) is 0.624. The number of aliphatic hydroxyl groups excluding tert-OH is 1. The summed E-state index contributed by atoms with van der Waals surface area (Å²) in [6.45, 7) is 2.70. The van der Waals surface area contributed by atoms with Crippen molar-refractivity contribution in [3.8, 4) is 0 Å². The van der Waals surface area contributed by atoms with Crippen LogP contribution in [0.2, 0.25) is 0 Å². The molecule has 1 aromatic rings. The van der Waals surface area contributed by atoms with E-state index < -0.39 is 0 Å². The molecule has 4 N–H and O–H groups in total. The summed E-state index contributed by atoms with van der Waals surface area (Å²) in [5.41, 5.74) is 7.07. The van der Waals surface area contributed by atoms with Crippen molar-refractivity contribution in [2.45, 2.75) is 32.2 Å². The third kappa shape index (κ3) is 5.41. The first kappa shape index (κ1) is 15.7. The summed E-state index contributed by atoms with van der Waals surface area (Å²) in [6, 6.07) is 9.38. The number of carbonyl (C=O) groups excluding carboxylic acids is 1. The Morgan fingerprint density at radius 2 is 1.95 bits per heavy atom. The summed E-state index contributed by atoms with van der Waals surface area (Å²) in [4.78, 5) is 12.0. The molecule has 0 saturated heterocycles. The van der Waals surface area contributed by atoms with Crippen molar-refractivity contribution < 1.29 is 9.90 Å². The van der Waals surface area contributed by atoms with Gasteiger partial charge in [-0.1, -0.05) is 37.3 Å². The Balaban J connectivity index is 2.35. The van der Waals surface area contributed by atoms with E-state index in [-0.39, 0.29) is 24.5 Å². The van der Waals surface area contributed by atoms with E-state index in [1.54, 1.807) is 0 Å². The number of benzene rings is 1. The van der Waals surface area contributed by atoms with Gasteiger partial charge in [0.2, 0.25) is 5.91 Å². The number of carbonyl (C=O) groups is 1. The topological polar surface area (TPSA) is 75.3 Å². The van der Waals surface area contributed by atoms with Gasteiger partial charge in [0.25, 0.3) is 0 Å². The number of hydrogen-bond acceptors (Lipinski definition) is 3. The fraction of sp³-hybridized carbons (Fsp3) is 0.533. The van der Waals surface area contributed by atoms with E-state index in [1.807, 2.05) is 37.3 Å². The molecule has 19 heavy (non-hydrogen) atoms. The number of hydrogen-bond donors (Lipinski definition) is 3. The van der Waals surface area contributed by atoms with Crippen molar-refractivity contribution in [3.05, 3.63) is 35.9 Å². The number of amides is 1. The zero-order chi connectivity index (χ0) is 14.1. The first-order valence-electron chi connectivity index (χ1n) is 6.86. The van der Waals surface area contributed by atoms with Crippen molar-refractivity contribution in [1.29, 1.82) is 0 Å². The van der Waals surface area contributed by atoms with E-state index in [1.165, 1.54) is 0 Å². The molecule has 0 bridgehead atoms. The summed E-state index contributed by atoms with van der Waals surface area (Å²) < 4.78 is 0. The average molecular weight is 264 g/mol. The molecule has 0 aliphatic carbocycles. The molecule has 1 amide bonds. The second-order valence-corrected chi connectivity index (χ2v) is 4.80. The summed E-state index contributed by atoms with van der Waals surface area (Å²) in [5, 5.41) is 11.5. The second kappa shape index (κ2) is 8.67. The van der Waals surface area contributed by atoms with Crippen LogP contribution in [0, 0.1) is 5.92 Å². The molecule has 4 nitrogen and oxygen atoms in total. The second-order valence-electron chi connectivity index (χ2n) is 4.80. The molecule has 2 atom stereocenters. The Morgan fingerprint density at radius 3 is 2.58 bits per heavy atom. The van der Waals surface area contributed by atoms with Gasteiger partial charge in [0.1, 0.15) is 0 Å². The molecule has 1 aromatic carbocycles. The summed E-state index contributed by atoms with van der Waals surface area (Å²) >= 11 is 0. The summed E-state index contributed by atoms with van der Waals surface area (Å²) in [6.07, 6.45) is 2.60. The van der Waals surface area contributed by atoms with E-state index in [0.717, 1.165) is 24.8 Å². The number of nitrogens with two attached hydrogens (primary N) is 1. The molecular weight excluding hydrogens is 240 g/mol. The lowest BCUT2D eigenvalue weighted by molar-refractivity contribution is -0.125. The fourth-order valence-corrected chi connectivity index (χ4v) is 1.91. The third-order valence-electron chi connectivity index (χ3n) is 3.27. The fourth-order valence-electron chi connectivity index (χ4n) is 1.91. The highest BCUT2D eigenvalue weighted by atomic mass is 16.2. The zero-order valence-corrected chi connectivity index (χ0v) is 11.5. The summed E-state index contributed by atoms with van der Waals surface area (Å²) in [7, 11) is 0. The number of nitrogens with one attached hydrogen (secondary N) is 1. The van der Waals surface area contributed by atoms with E-state index in [2.05, 4.69) is 5.32 Å². The van der Waals surface area contributed by atoms with Gasteiger partial charge in [-0.15, -0.1) is 0 Å². The van der Waals surface area contributed by atoms with Crippen LogP contribution in [0.4, 0.5) is 0 Å². The Morgan fingerprint density at radius 1 is 1.26 bits per heavy atom. The molecule has 0 heterocycles. The maximum Gasteiger partial charge on any atom is 0.224 e. The molecule has 4 heteroatoms. The van der Waals surface area contributed by atoms with Crippen molar-refractivity contribution in [2.24, 2.45) is 11.7 Å². The Bertz CT molecular complexity index is 368. The molecule has 2 unspecified atom stereocenters. The molecular formula is C15H24N2O2. The number of rotatable bonds is 8. The van der Waals surface area contributed by atoms with E-state index in [0.29, 0.717) is 6.54 Å². The predicted molar refractivity (Wildman–Crippen MR) is 76.5 cm³/mol. The van der Waals surface area contributed by atoms with Gasteiger partial charge in [0, 0.05) is 19.2 Å². The van der Waals surface area contributed by atoms with Crippen molar-refractivity contribution in [3.63, 3.8) is 0 Å². The largest absolute Gasteiger partial charge is 0.396 e. The Hall–Kier alpha value is -1.39. The van der Waals surface area contributed by atoms with Gasteiger partial charge in [0.15, 0.2) is 0 Å². The average Bonchev–Trinajstić information content (AvgIpc) is 2.46. The van der Waals surface area contributed by atoms with Crippen LogP contribution >= 0.6 is 0 Å². The van der Waals surface area contributed by atoms with Gasteiger partial charge in [-0.05, 0) is 24.8 Å². The van der Waals surface area contributed by atoms with Crippen LogP contribution < -0.4 is 11.1 Å². The highest BCUT2D eigenvalue weighted by molar-refractivity contribution is 5.79. The zero-order valence-electron chi connectivity index (χ0n) is 11.5. The van der Waals surface area contributed by atoms with Crippen LogP contribution in [0.3, 0.4) is 0 Å². The molecule has 0 radical (unpaired) electrons. The maximum absolute atomic E-state index is 12.0. The molecule has 0 saturated carbocycles. The lowest BCUT2D eigenvalue weighted by Crippen LogP contribution is -2.36. The van der Waals surface area contributed by atoms with Crippen LogP contribution in [0.1, 0.15) is 37.8 Å². The lowest BCUT2D eigenvalue weighted by Gasteiger charge is -2.19. The van der Waals surface area contributed by atoms with Gasteiger partial charge < -0.3 is 16.2 Å². The minimum absolute atomic E-state index is 0.0136. The van der Waals surface area contributed by atoms with Crippen molar-refractivity contribution >= 4 is 5.91 Å². The molecule has 1 rings (SSSR count). The van der Waals surface area contributed by atoms with Gasteiger partial charge >= 0.3 is 0 Å². The smallest absolute Gasteiger partial charge is 0.224 e. The monoisotopic (exact) mass is 264 g/mol. The molecule has 0 aliphatic heterocycles.